The van der Waals surface area contributed by atoms with Gasteiger partial charge in [0.05, 0.1) is 11.3 Å². The Balaban J connectivity index is 2.21. The quantitative estimate of drug-likeness (QED) is 0.872. The minimum atomic E-state index is -0.954. The largest absolute Gasteiger partial charge is 0.478 e. The zero-order valence-electron chi connectivity index (χ0n) is 10.9. The molecule has 0 fully saturated rings. The number of aryl methyl sites for hydroxylation is 1. The molecule has 1 aromatic heterocycles. The van der Waals surface area contributed by atoms with Crippen LogP contribution >= 0.6 is 15.9 Å². The van der Waals surface area contributed by atoms with E-state index in [4.69, 9.17) is 5.11 Å². The van der Waals surface area contributed by atoms with Crippen molar-refractivity contribution in [3.8, 4) is 0 Å². The van der Waals surface area contributed by atoms with E-state index in [0.29, 0.717) is 10.3 Å². The molecule has 0 amide bonds. The van der Waals surface area contributed by atoms with Crippen LogP contribution in [0, 0.1) is 0 Å². The first-order valence-corrected chi connectivity index (χ1v) is 7.00. The molecule has 0 radical (unpaired) electrons. The summed E-state index contributed by atoms with van der Waals surface area (Å²) in [7, 11) is 0. The van der Waals surface area contributed by atoms with E-state index in [-0.39, 0.29) is 5.56 Å². The summed E-state index contributed by atoms with van der Waals surface area (Å²) in [6, 6.07) is 6.69. The minimum absolute atomic E-state index is 0.233. The maximum absolute atomic E-state index is 10.9. The molecular formula is C14H14BrN3O2. The van der Waals surface area contributed by atoms with Crippen molar-refractivity contribution in [3.63, 3.8) is 0 Å². The smallest absolute Gasteiger partial charge is 0.335 e. The number of carbonyl (C=O) groups is 1. The third-order valence-corrected chi connectivity index (χ3v) is 3.36. The SMILES string of the molecule is CCCc1cc(Nc2ccc(C(=O)O)cc2Br)ncn1. The molecule has 6 heteroatoms. The van der Waals surface area contributed by atoms with Crippen LogP contribution in [0.15, 0.2) is 35.1 Å². The molecule has 1 heterocycles. The van der Waals surface area contributed by atoms with E-state index >= 15 is 0 Å². The Kier molecular flexibility index (Phi) is 4.68. The summed E-state index contributed by atoms with van der Waals surface area (Å²) < 4.78 is 0.674. The fourth-order valence-electron chi connectivity index (χ4n) is 1.75. The first kappa shape index (κ1) is 14.5. The fourth-order valence-corrected chi connectivity index (χ4v) is 2.22. The van der Waals surface area contributed by atoms with Crippen molar-refractivity contribution in [2.24, 2.45) is 0 Å². The zero-order chi connectivity index (χ0) is 14.5. The predicted octanol–water partition coefficient (Wildman–Crippen LogP) is 3.63. The Hall–Kier alpha value is -1.95. The number of rotatable bonds is 5. The number of carboxylic acids is 1. The van der Waals surface area contributed by atoms with Crippen molar-refractivity contribution >= 4 is 33.4 Å². The maximum atomic E-state index is 10.9. The van der Waals surface area contributed by atoms with Gasteiger partial charge in [0.2, 0.25) is 0 Å². The number of halogens is 1. The average molecular weight is 336 g/mol. The predicted molar refractivity (Wildman–Crippen MR) is 80.4 cm³/mol. The molecule has 1 aromatic carbocycles. The van der Waals surface area contributed by atoms with E-state index in [1.165, 1.54) is 6.33 Å². The molecule has 0 aliphatic carbocycles. The van der Waals surface area contributed by atoms with Crippen molar-refractivity contribution in [2.45, 2.75) is 19.8 Å². The highest BCUT2D eigenvalue weighted by Crippen LogP contribution is 2.26. The molecule has 0 saturated heterocycles. The van der Waals surface area contributed by atoms with Crippen LogP contribution in [-0.4, -0.2) is 21.0 Å². The number of carboxylic acid groups (broad SMARTS) is 1. The molecule has 2 aromatic rings. The van der Waals surface area contributed by atoms with Crippen molar-refractivity contribution in [1.29, 1.82) is 0 Å². The molecule has 0 aliphatic heterocycles. The monoisotopic (exact) mass is 335 g/mol. The number of anilines is 2. The first-order chi connectivity index (χ1) is 9.60. The Morgan fingerprint density at radius 3 is 2.80 bits per heavy atom. The third kappa shape index (κ3) is 3.54. The maximum Gasteiger partial charge on any atom is 0.335 e. The summed E-state index contributed by atoms with van der Waals surface area (Å²) >= 11 is 3.35. The zero-order valence-corrected chi connectivity index (χ0v) is 12.5. The fraction of sp³-hybridized carbons (Fsp3) is 0.214. The van der Waals surface area contributed by atoms with Crippen LogP contribution < -0.4 is 5.32 Å². The molecule has 0 spiro atoms. The summed E-state index contributed by atoms with van der Waals surface area (Å²) in [4.78, 5) is 19.2. The van der Waals surface area contributed by atoms with Crippen LogP contribution in [0.1, 0.15) is 29.4 Å². The molecule has 2 N–H and O–H groups in total. The Morgan fingerprint density at radius 2 is 2.15 bits per heavy atom. The lowest BCUT2D eigenvalue weighted by molar-refractivity contribution is 0.0697. The molecule has 0 saturated carbocycles. The molecular weight excluding hydrogens is 322 g/mol. The van der Waals surface area contributed by atoms with Gasteiger partial charge in [-0.1, -0.05) is 13.3 Å². The molecule has 2 rings (SSSR count). The van der Waals surface area contributed by atoms with E-state index in [1.807, 2.05) is 6.07 Å². The molecule has 0 atom stereocenters. The normalized spacial score (nSPS) is 10.3. The van der Waals surface area contributed by atoms with E-state index < -0.39 is 5.97 Å². The Labute approximate surface area is 125 Å². The van der Waals surface area contributed by atoms with Gasteiger partial charge in [-0.3, -0.25) is 0 Å². The average Bonchev–Trinajstić information content (AvgIpc) is 2.42. The lowest BCUT2D eigenvalue weighted by atomic mass is 10.2. The van der Waals surface area contributed by atoms with Gasteiger partial charge in [0.15, 0.2) is 0 Å². The third-order valence-electron chi connectivity index (χ3n) is 2.71. The number of hydrogen-bond donors (Lipinski definition) is 2. The summed E-state index contributed by atoms with van der Waals surface area (Å²) in [5.41, 5.74) is 1.97. The Bertz CT molecular complexity index is 632. The van der Waals surface area contributed by atoms with Gasteiger partial charge in [-0.15, -0.1) is 0 Å². The molecule has 104 valence electrons. The highest BCUT2D eigenvalue weighted by Gasteiger charge is 2.07. The molecule has 20 heavy (non-hydrogen) atoms. The highest BCUT2D eigenvalue weighted by atomic mass is 79.9. The van der Waals surface area contributed by atoms with Crippen LogP contribution in [0.3, 0.4) is 0 Å². The van der Waals surface area contributed by atoms with Crippen molar-refractivity contribution < 1.29 is 9.90 Å². The Morgan fingerprint density at radius 1 is 1.35 bits per heavy atom. The second-order valence-corrected chi connectivity index (χ2v) is 5.12. The molecule has 0 unspecified atom stereocenters. The van der Waals surface area contributed by atoms with Gasteiger partial charge < -0.3 is 10.4 Å². The number of nitrogens with one attached hydrogen (secondary N) is 1. The van der Waals surface area contributed by atoms with Crippen molar-refractivity contribution in [2.75, 3.05) is 5.32 Å². The van der Waals surface area contributed by atoms with Gasteiger partial charge in [-0.2, -0.15) is 0 Å². The molecule has 0 aliphatic rings. The van der Waals surface area contributed by atoms with E-state index in [0.717, 1.165) is 24.2 Å². The van der Waals surface area contributed by atoms with Gasteiger partial charge in [0.25, 0.3) is 0 Å². The summed E-state index contributed by atoms with van der Waals surface area (Å²) in [6.07, 6.45) is 3.44. The topological polar surface area (TPSA) is 75.1 Å². The van der Waals surface area contributed by atoms with Crippen molar-refractivity contribution in [1.82, 2.24) is 9.97 Å². The second kappa shape index (κ2) is 6.47. The van der Waals surface area contributed by atoms with E-state index in [2.05, 4.69) is 38.1 Å². The van der Waals surface area contributed by atoms with Crippen molar-refractivity contribution in [3.05, 3.63) is 46.3 Å². The van der Waals surface area contributed by atoms with Gasteiger partial charge >= 0.3 is 5.97 Å². The van der Waals surface area contributed by atoms with Gasteiger partial charge in [-0.25, -0.2) is 14.8 Å². The van der Waals surface area contributed by atoms with E-state index in [1.54, 1.807) is 18.2 Å². The lowest BCUT2D eigenvalue weighted by Gasteiger charge is -2.09. The van der Waals surface area contributed by atoms with Crippen LogP contribution in [-0.2, 0) is 6.42 Å². The number of nitrogens with zero attached hydrogens (tertiary/aromatic N) is 2. The summed E-state index contributed by atoms with van der Waals surface area (Å²) in [5, 5.41) is 12.1. The standard InChI is InChI=1S/C14H14BrN3O2/c1-2-3-10-7-13(17-8-16-10)18-12-5-4-9(14(19)20)6-11(12)15/h4-8H,2-3H2,1H3,(H,19,20)(H,16,17,18). The lowest BCUT2D eigenvalue weighted by Crippen LogP contribution is -2.00. The minimum Gasteiger partial charge on any atom is -0.478 e. The molecule has 5 nitrogen and oxygen atoms in total. The van der Waals surface area contributed by atoms with E-state index in [9.17, 15) is 4.79 Å². The summed E-state index contributed by atoms with van der Waals surface area (Å²) in [5.74, 6) is -0.267. The summed E-state index contributed by atoms with van der Waals surface area (Å²) in [6.45, 7) is 2.09. The highest BCUT2D eigenvalue weighted by molar-refractivity contribution is 9.10. The first-order valence-electron chi connectivity index (χ1n) is 6.21. The van der Waals surface area contributed by atoms with Crippen LogP contribution in [0.4, 0.5) is 11.5 Å². The van der Waals surface area contributed by atoms with Crippen LogP contribution in [0.25, 0.3) is 0 Å². The molecule has 0 bridgehead atoms. The van der Waals surface area contributed by atoms with Gasteiger partial charge in [0.1, 0.15) is 12.1 Å². The van der Waals surface area contributed by atoms with Gasteiger partial charge in [0, 0.05) is 16.2 Å². The number of hydrogen-bond acceptors (Lipinski definition) is 4. The second-order valence-electron chi connectivity index (χ2n) is 4.27. The number of aromatic carboxylic acids is 1. The van der Waals surface area contributed by atoms with Gasteiger partial charge in [-0.05, 0) is 40.5 Å². The number of benzene rings is 1. The van der Waals surface area contributed by atoms with Crippen LogP contribution in [0.5, 0.6) is 0 Å². The number of aromatic nitrogens is 2. The van der Waals surface area contributed by atoms with Crippen LogP contribution in [0.2, 0.25) is 0 Å².